The fraction of sp³-hybridized carbons (Fsp3) is 0.579. The minimum atomic E-state index is 0.0425. The van der Waals surface area contributed by atoms with Gasteiger partial charge < -0.3 is 19.5 Å². The number of hydrogen-bond donors (Lipinski definition) is 1. The van der Waals surface area contributed by atoms with Gasteiger partial charge in [0.2, 0.25) is 0 Å². The first-order valence-corrected chi connectivity index (χ1v) is 9.21. The van der Waals surface area contributed by atoms with E-state index in [9.17, 15) is 4.79 Å². The Labute approximate surface area is 154 Å². The number of H-pyrrole nitrogens is 1. The number of nitrogens with one attached hydrogen (secondary N) is 1. The number of carbonyl (C=O) groups is 1. The molecule has 2 aromatic rings. The van der Waals surface area contributed by atoms with Crippen LogP contribution in [0.3, 0.4) is 0 Å². The van der Waals surface area contributed by atoms with Gasteiger partial charge in [0.05, 0.1) is 31.1 Å². The lowest BCUT2D eigenvalue weighted by Gasteiger charge is -2.28. The summed E-state index contributed by atoms with van der Waals surface area (Å²) in [6.45, 7) is 7.65. The molecule has 0 fully saturated rings. The van der Waals surface area contributed by atoms with Crippen molar-refractivity contribution in [3.8, 4) is 0 Å². The highest BCUT2D eigenvalue weighted by Crippen LogP contribution is 2.26. The fourth-order valence-electron chi connectivity index (χ4n) is 3.28. The molecular formula is C19H29N5O2. The molecule has 0 radical (unpaired) electrons. The molecule has 0 unspecified atom stereocenters. The van der Waals surface area contributed by atoms with Gasteiger partial charge in [-0.05, 0) is 46.5 Å². The number of nitrogens with zero attached hydrogens (tertiary/aromatic N) is 4. The molecular weight excluding hydrogens is 330 g/mol. The summed E-state index contributed by atoms with van der Waals surface area (Å²) in [5.41, 5.74) is 4.03. The Bertz CT molecular complexity index is 733. The van der Waals surface area contributed by atoms with E-state index in [1.165, 1.54) is 5.56 Å². The maximum atomic E-state index is 12.7. The fourth-order valence-corrected chi connectivity index (χ4v) is 3.28. The zero-order valence-corrected chi connectivity index (χ0v) is 16.2. The van der Waals surface area contributed by atoms with E-state index in [4.69, 9.17) is 9.84 Å². The van der Waals surface area contributed by atoms with Crippen LogP contribution in [0.5, 0.6) is 0 Å². The molecule has 1 N–H and O–H groups in total. The summed E-state index contributed by atoms with van der Waals surface area (Å²) in [5.74, 6) is 0.0425. The van der Waals surface area contributed by atoms with Crippen molar-refractivity contribution in [3.05, 3.63) is 41.0 Å². The number of amides is 1. The number of rotatable bonds is 7. The average Bonchev–Trinajstić information content (AvgIpc) is 3.25. The molecule has 1 amide bonds. The van der Waals surface area contributed by atoms with Crippen molar-refractivity contribution in [2.24, 2.45) is 0 Å². The van der Waals surface area contributed by atoms with Gasteiger partial charge in [-0.25, -0.2) is 0 Å². The van der Waals surface area contributed by atoms with Gasteiger partial charge in [0, 0.05) is 30.9 Å². The standard InChI is InChI=1S/C19H29N5O2/c1-14(2)24-18-12-23(19(25)16-6-5-8-20-16)9-7-15(18)17(21-24)13-26-11-10-22(3)4/h5-6,8,14,20H,7,9-13H2,1-4H3. The highest BCUT2D eigenvalue weighted by Gasteiger charge is 2.28. The smallest absolute Gasteiger partial charge is 0.270 e. The predicted octanol–water partition coefficient (Wildman–Crippen LogP) is 2.07. The van der Waals surface area contributed by atoms with Gasteiger partial charge in [-0.3, -0.25) is 9.48 Å². The van der Waals surface area contributed by atoms with Crippen LogP contribution in [0.25, 0.3) is 0 Å². The summed E-state index contributed by atoms with van der Waals surface area (Å²) in [6, 6.07) is 3.92. The first kappa shape index (κ1) is 18.7. The first-order chi connectivity index (χ1) is 12.5. The number of likely N-dealkylation sites (N-methyl/N-ethyl adjacent to an activating group) is 1. The number of ether oxygens (including phenoxy) is 1. The van der Waals surface area contributed by atoms with Crippen LogP contribution in [0.1, 0.15) is 47.3 Å². The van der Waals surface area contributed by atoms with Crippen molar-refractivity contribution >= 4 is 5.91 Å². The average molecular weight is 359 g/mol. The topological polar surface area (TPSA) is 66.4 Å². The van der Waals surface area contributed by atoms with Crippen LogP contribution in [0, 0.1) is 0 Å². The van der Waals surface area contributed by atoms with Gasteiger partial charge in [0.25, 0.3) is 5.91 Å². The SMILES string of the molecule is CC(C)n1nc(COCCN(C)C)c2c1CN(C(=O)c1ccc[nH]1)CC2. The third kappa shape index (κ3) is 3.99. The van der Waals surface area contributed by atoms with Crippen LogP contribution in [0.4, 0.5) is 0 Å². The minimum Gasteiger partial charge on any atom is -0.374 e. The number of aromatic nitrogens is 3. The van der Waals surface area contributed by atoms with Gasteiger partial charge in [0.15, 0.2) is 0 Å². The van der Waals surface area contributed by atoms with Crippen molar-refractivity contribution in [1.82, 2.24) is 24.6 Å². The Morgan fingerprint density at radius 1 is 1.42 bits per heavy atom. The Morgan fingerprint density at radius 3 is 2.88 bits per heavy atom. The highest BCUT2D eigenvalue weighted by atomic mass is 16.5. The van der Waals surface area contributed by atoms with Crippen LogP contribution in [0.15, 0.2) is 18.3 Å². The van der Waals surface area contributed by atoms with Crippen LogP contribution in [-0.4, -0.2) is 64.3 Å². The molecule has 7 heteroatoms. The summed E-state index contributed by atoms with van der Waals surface area (Å²) in [5, 5.41) is 4.80. The Hall–Kier alpha value is -2.12. The molecule has 0 aliphatic carbocycles. The molecule has 142 valence electrons. The van der Waals surface area contributed by atoms with Crippen LogP contribution in [0.2, 0.25) is 0 Å². The van der Waals surface area contributed by atoms with Crippen molar-refractivity contribution < 1.29 is 9.53 Å². The maximum Gasteiger partial charge on any atom is 0.270 e. The van der Waals surface area contributed by atoms with Gasteiger partial charge >= 0.3 is 0 Å². The molecule has 0 saturated heterocycles. The lowest BCUT2D eigenvalue weighted by atomic mass is 10.0. The van der Waals surface area contributed by atoms with Gasteiger partial charge in [-0.1, -0.05) is 0 Å². The number of fused-ring (bicyclic) bond motifs is 1. The quantitative estimate of drug-likeness (QED) is 0.769. The molecule has 0 aromatic carbocycles. The van der Waals surface area contributed by atoms with Gasteiger partial charge in [-0.2, -0.15) is 5.10 Å². The van der Waals surface area contributed by atoms with Crippen LogP contribution >= 0.6 is 0 Å². The van der Waals surface area contributed by atoms with E-state index < -0.39 is 0 Å². The predicted molar refractivity (Wildman–Crippen MR) is 100 cm³/mol. The normalized spacial score (nSPS) is 14.3. The summed E-state index contributed by atoms with van der Waals surface area (Å²) >= 11 is 0. The largest absolute Gasteiger partial charge is 0.374 e. The zero-order valence-electron chi connectivity index (χ0n) is 16.2. The highest BCUT2D eigenvalue weighted by molar-refractivity contribution is 5.92. The molecule has 3 heterocycles. The van der Waals surface area contributed by atoms with Crippen molar-refractivity contribution in [1.29, 1.82) is 0 Å². The monoisotopic (exact) mass is 359 g/mol. The van der Waals surface area contributed by atoms with E-state index in [-0.39, 0.29) is 11.9 Å². The van der Waals surface area contributed by atoms with E-state index in [1.54, 1.807) is 6.20 Å². The molecule has 1 aliphatic heterocycles. The first-order valence-electron chi connectivity index (χ1n) is 9.21. The molecule has 1 aliphatic rings. The van der Waals surface area contributed by atoms with Gasteiger partial charge in [-0.15, -0.1) is 0 Å². The lowest BCUT2D eigenvalue weighted by Crippen LogP contribution is -2.37. The number of hydrogen-bond acceptors (Lipinski definition) is 4. The summed E-state index contributed by atoms with van der Waals surface area (Å²) < 4.78 is 7.87. The summed E-state index contributed by atoms with van der Waals surface area (Å²) in [7, 11) is 4.07. The molecule has 7 nitrogen and oxygen atoms in total. The molecule has 0 bridgehead atoms. The maximum absolute atomic E-state index is 12.7. The van der Waals surface area contributed by atoms with Gasteiger partial charge in [0.1, 0.15) is 5.69 Å². The third-order valence-corrected chi connectivity index (χ3v) is 4.70. The molecule has 26 heavy (non-hydrogen) atoms. The number of carbonyl (C=O) groups excluding carboxylic acids is 1. The van der Waals surface area contributed by atoms with Crippen molar-refractivity contribution in [2.45, 2.75) is 39.5 Å². The van der Waals surface area contributed by atoms with E-state index in [0.717, 1.165) is 24.4 Å². The lowest BCUT2D eigenvalue weighted by molar-refractivity contribution is 0.0722. The van der Waals surface area contributed by atoms with Crippen LogP contribution in [-0.2, 0) is 24.3 Å². The van der Waals surface area contributed by atoms with Crippen molar-refractivity contribution in [2.75, 3.05) is 33.8 Å². The molecule has 3 rings (SSSR count). The summed E-state index contributed by atoms with van der Waals surface area (Å²) in [4.78, 5) is 19.7. The molecule has 0 saturated carbocycles. The number of aromatic amines is 1. The second-order valence-corrected chi connectivity index (χ2v) is 7.33. The second kappa shape index (κ2) is 8.05. The Morgan fingerprint density at radius 2 is 2.23 bits per heavy atom. The molecule has 2 aromatic heterocycles. The minimum absolute atomic E-state index is 0.0425. The van der Waals surface area contributed by atoms with Crippen molar-refractivity contribution in [3.63, 3.8) is 0 Å². The Balaban J connectivity index is 1.75. The Kier molecular flexibility index (Phi) is 5.78. The van der Waals surface area contributed by atoms with E-state index in [1.807, 2.05) is 35.8 Å². The van der Waals surface area contributed by atoms with Crippen LogP contribution < -0.4 is 0 Å². The molecule has 0 atom stereocenters. The summed E-state index contributed by atoms with van der Waals surface area (Å²) in [6.07, 6.45) is 2.60. The van der Waals surface area contributed by atoms with E-state index in [2.05, 4.69) is 23.7 Å². The third-order valence-electron chi connectivity index (χ3n) is 4.70. The second-order valence-electron chi connectivity index (χ2n) is 7.33. The zero-order chi connectivity index (χ0) is 18.7. The molecule has 0 spiro atoms. The van der Waals surface area contributed by atoms with E-state index in [0.29, 0.717) is 32.0 Å². The van der Waals surface area contributed by atoms with E-state index >= 15 is 0 Å².